The molecule has 0 bridgehead atoms. The van der Waals surface area contributed by atoms with Crippen LogP contribution in [0.2, 0.25) is 0 Å². The predicted octanol–water partition coefficient (Wildman–Crippen LogP) is 2.71. The number of nitrogens with zero attached hydrogens (tertiary/aromatic N) is 3. The lowest BCUT2D eigenvalue weighted by Gasteiger charge is -2.19. The fourth-order valence-electron chi connectivity index (χ4n) is 2.44. The molecule has 26 heavy (non-hydrogen) atoms. The number of hydrogen-bond donors (Lipinski definition) is 1. The second-order valence-electron chi connectivity index (χ2n) is 6.94. The molecule has 0 aliphatic carbocycles. The number of aryl methyl sites for hydroxylation is 1. The molecule has 0 atom stereocenters. The van der Waals surface area contributed by atoms with Crippen LogP contribution in [-0.4, -0.2) is 26.7 Å². The molecule has 1 amide bonds. The summed E-state index contributed by atoms with van der Waals surface area (Å²) in [5.74, 6) is 0. The Hall–Kier alpha value is -3.16. The molecule has 3 rings (SSSR count). The van der Waals surface area contributed by atoms with Gasteiger partial charge in [0.1, 0.15) is 16.9 Å². The minimum atomic E-state index is -0.561. The summed E-state index contributed by atoms with van der Waals surface area (Å²) in [6.45, 7) is 7.43. The summed E-state index contributed by atoms with van der Waals surface area (Å²) in [5, 5.41) is 11.6. The Morgan fingerprint density at radius 1 is 1.31 bits per heavy atom. The number of fused-ring (bicyclic) bond motifs is 1. The molecule has 3 aromatic rings. The minimum Gasteiger partial charge on any atom is -0.444 e. The molecule has 1 aromatic carbocycles. The number of amides is 1. The molecule has 2 aromatic heterocycles. The molecule has 0 saturated heterocycles. The van der Waals surface area contributed by atoms with Gasteiger partial charge in [0.2, 0.25) is 0 Å². The van der Waals surface area contributed by atoms with Crippen LogP contribution in [-0.2, 0) is 11.3 Å². The normalized spacial score (nSPS) is 11.5. The van der Waals surface area contributed by atoms with Crippen LogP contribution in [0.25, 0.3) is 16.7 Å². The Bertz CT molecular complexity index is 1010. The summed E-state index contributed by atoms with van der Waals surface area (Å²) < 4.78 is 12.0. The summed E-state index contributed by atoms with van der Waals surface area (Å²) in [6, 6.07) is 6.90. The topological polar surface area (TPSA) is 99.3 Å². The van der Waals surface area contributed by atoms with E-state index in [2.05, 4.69) is 15.6 Å². The van der Waals surface area contributed by atoms with Crippen molar-refractivity contribution in [1.29, 1.82) is 0 Å². The van der Waals surface area contributed by atoms with Gasteiger partial charge < -0.3 is 14.5 Å². The van der Waals surface area contributed by atoms with E-state index < -0.39 is 17.3 Å². The molecule has 1 N–H and O–H groups in total. The fourth-order valence-corrected chi connectivity index (χ4v) is 2.44. The van der Waals surface area contributed by atoms with E-state index >= 15 is 0 Å². The van der Waals surface area contributed by atoms with Crippen molar-refractivity contribution >= 4 is 17.1 Å². The molecule has 2 heterocycles. The van der Waals surface area contributed by atoms with E-state index in [1.165, 1.54) is 6.07 Å². The number of carbonyl (C=O) groups is 1. The van der Waals surface area contributed by atoms with E-state index in [4.69, 9.17) is 9.15 Å². The average molecular weight is 356 g/mol. The Morgan fingerprint density at radius 2 is 2.08 bits per heavy atom. The van der Waals surface area contributed by atoms with Crippen molar-refractivity contribution in [3.05, 3.63) is 52.1 Å². The minimum absolute atomic E-state index is 0.191. The van der Waals surface area contributed by atoms with Gasteiger partial charge in [-0.3, -0.25) is 0 Å². The molecule has 0 aliphatic rings. The summed E-state index contributed by atoms with van der Waals surface area (Å²) in [7, 11) is 0. The molecule has 0 spiro atoms. The molecular formula is C18H20N4O4. The number of carbonyl (C=O) groups excluding carboxylic acids is 1. The zero-order valence-electron chi connectivity index (χ0n) is 15.1. The number of aromatic nitrogens is 3. The third-order valence-electron chi connectivity index (χ3n) is 3.55. The van der Waals surface area contributed by atoms with Crippen LogP contribution in [0.5, 0.6) is 0 Å². The summed E-state index contributed by atoms with van der Waals surface area (Å²) in [4.78, 5) is 23.2. The number of nitrogens with one attached hydrogen (secondary N) is 1. The standard InChI is InChI=1S/C18H20N4O4/c1-11-7-16(23)25-15-8-13(5-6-14(11)15)22-10-12(20-21-22)9-19-17(24)26-18(2,3)4/h5-8,10H,9H2,1-4H3,(H,19,24). The Balaban J connectivity index is 1.76. The van der Waals surface area contributed by atoms with Crippen LogP contribution in [0.3, 0.4) is 0 Å². The maximum atomic E-state index is 11.7. The van der Waals surface area contributed by atoms with E-state index in [0.717, 1.165) is 10.9 Å². The van der Waals surface area contributed by atoms with Gasteiger partial charge in [-0.2, -0.15) is 0 Å². The fraction of sp³-hybridized carbons (Fsp3) is 0.333. The third kappa shape index (κ3) is 4.08. The van der Waals surface area contributed by atoms with Crippen molar-refractivity contribution in [3.8, 4) is 5.69 Å². The smallest absolute Gasteiger partial charge is 0.407 e. The van der Waals surface area contributed by atoms with E-state index in [0.29, 0.717) is 17.0 Å². The monoisotopic (exact) mass is 356 g/mol. The quantitative estimate of drug-likeness (QED) is 0.725. The van der Waals surface area contributed by atoms with E-state index in [-0.39, 0.29) is 6.54 Å². The van der Waals surface area contributed by atoms with Gasteiger partial charge in [0.25, 0.3) is 0 Å². The molecule has 8 nitrogen and oxygen atoms in total. The lowest BCUT2D eigenvalue weighted by atomic mass is 10.1. The van der Waals surface area contributed by atoms with Crippen LogP contribution in [0.4, 0.5) is 4.79 Å². The maximum Gasteiger partial charge on any atom is 0.407 e. The lowest BCUT2D eigenvalue weighted by molar-refractivity contribution is 0.0523. The molecule has 136 valence electrons. The number of rotatable bonds is 3. The van der Waals surface area contributed by atoms with Gasteiger partial charge in [-0.05, 0) is 45.4 Å². The van der Waals surface area contributed by atoms with Crippen molar-refractivity contribution < 1.29 is 13.9 Å². The van der Waals surface area contributed by atoms with Gasteiger partial charge in [-0.25, -0.2) is 14.3 Å². The van der Waals surface area contributed by atoms with Crippen LogP contribution >= 0.6 is 0 Å². The second-order valence-corrected chi connectivity index (χ2v) is 6.94. The molecule has 8 heteroatoms. The number of hydrogen-bond acceptors (Lipinski definition) is 6. The van der Waals surface area contributed by atoms with Crippen molar-refractivity contribution in [3.63, 3.8) is 0 Å². The Morgan fingerprint density at radius 3 is 2.81 bits per heavy atom. The van der Waals surface area contributed by atoms with E-state index in [9.17, 15) is 9.59 Å². The predicted molar refractivity (Wildman–Crippen MR) is 95.2 cm³/mol. The van der Waals surface area contributed by atoms with Crippen LogP contribution in [0.15, 0.2) is 39.7 Å². The number of ether oxygens (including phenoxy) is 1. The van der Waals surface area contributed by atoms with Crippen molar-refractivity contribution in [2.75, 3.05) is 0 Å². The van der Waals surface area contributed by atoms with Gasteiger partial charge in [0.05, 0.1) is 18.4 Å². The molecule has 0 unspecified atom stereocenters. The van der Waals surface area contributed by atoms with Gasteiger partial charge >= 0.3 is 11.7 Å². The highest BCUT2D eigenvalue weighted by molar-refractivity contribution is 5.81. The highest BCUT2D eigenvalue weighted by atomic mass is 16.6. The Labute approximate surface area is 149 Å². The summed E-state index contributed by atoms with van der Waals surface area (Å²) >= 11 is 0. The van der Waals surface area contributed by atoms with Crippen molar-refractivity contribution in [2.24, 2.45) is 0 Å². The third-order valence-corrected chi connectivity index (χ3v) is 3.55. The highest BCUT2D eigenvalue weighted by Crippen LogP contribution is 2.19. The molecule has 0 radical (unpaired) electrons. The van der Waals surface area contributed by atoms with Gasteiger partial charge in [0, 0.05) is 17.5 Å². The first-order valence-electron chi connectivity index (χ1n) is 8.14. The zero-order chi connectivity index (χ0) is 18.9. The van der Waals surface area contributed by atoms with E-state index in [1.807, 2.05) is 19.1 Å². The number of alkyl carbamates (subject to hydrolysis) is 1. The Kier molecular flexibility index (Phi) is 4.50. The first kappa shape index (κ1) is 17.7. The largest absolute Gasteiger partial charge is 0.444 e. The second kappa shape index (κ2) is 6.62. The zero-order valence-corrected chi connectivity index (χ0v) is 15.1. The highest BCUT2D eigenvalue weighted by Gasteiger charge is 2.16. The van der Waals surface area contributed by atoms with Crippen molar-refractivity contribution in [1.82, 2.24) is 20.3 Å². The van der Waals surface area contributed by atoms with E-state index in [1.54, 1.807) is 37.7 Å². The lowest BCUT2D eigenvalue weighted by Crippen LogP contribution is -2.32. The maximum absolute atomic E-state index is 11.7. The van der Waals surface area contributed by atoms with Crippen LogP contribution in [0, 0.1) is 6.92 Å². The molecule has 0 aliphatic heterocycles. The van der Waals surface area contributed by atoms with Gasteiger partial charge in [-0.15, -0.1) is 5.10 Å². The number of benzene rings is 1. The van der Waals surface area contributed by atoms with Gasteiger partial charge in [-0.1, -0.05) is 5.21 Å². The first-order valence-corrected chi connectivity index (χ1v) is 8.14. The molecule has 0 fully saturated rings. The summed E-state index contributed by atoms with van der Waals surface area (Å²) in [6.07, 6.45) is 1.17. The molecular weight excluding hydrogens is 336 g/mol. The van der Waals surface area contributed by atoms with Crippen LogP contribution < -0.4 is 10.9 Å². The van der Waals surface area contributed by atoms with Crippen molar-refractivity contribution in [2.45, 2.75) is 39.8 Å². The average Bonchev–Trinajstić information content (AvgIpc) is 2.99. The SMILES string of the molecule is Cc1cc(=O)oc2cc(-n3cc(CNC(=O)OC(C)(C)C)nn3)ccc12. The molecule has 0 saturated carbocycles. The van der Waals surface area contributed by atoms with Gasteiger partial charge in [0.15, 0.2) is 0 Å². The summed E-state index contributed by atoms with van der Waals surface area (Å²) in [5.41, 5.74) is 1.64. The first-order chi connectivity index (χ1) is 12.2. The van der Waals surface area contributed by atoms with Crippen LogP contribution in [0.1, 0.15) is 32.0 Å².